The summed E-state index contributed by atoms with van der Waals surface area (Å²) >= 11 is 11.6. The van der Waals surface area contributed by atoms with Gasteiger partial charge in [0.2, 0.25) is 0 Å². The number of nitrogens with one attached hydrogen (secondary N) is 1. The zero-order valence-corrected chi connectivity index (χ0v) is 12.3. The summed E-state index contributed by atoms with van der Waals surface area (Å²) in [7, 11) is 0. The molecule has 1 amide bonds. The van der Waals surface area contributed by atoms with Crippen LogP contribution >= 0.6 is 23.2 Å². The molecule has 0 saturated carbocycles. The van der Waals surface area contributed by atoms with Crippen LogP contribution in [0.1, 0.15) is 23.3 Å². The van der Waals surface area contributed by atoms with Crippen LogP contribution in [0.2, 0.25) is 10.0 Å². The number of aliphatic hydroxyl groups is 1. The Morgan fingerprint density at radius 3 is 1.76 bits per heavy atom. The highest BCUT2D eigenvalue weighted by Gasteiger charge is 2.24. The van der Waals surface area contributed by atoms with Crippen molar-refractivity contribution in [3.63, 3.8) is 0 Å². The van der Waals surface area contributed by atoms with Gasteiger partial charge in [0.1, 0.15) is 6.10 Å². The van der Waals surface area contributed by atoms with Gasteiger partial charge in [-0.05, 0) is 35.4 Å². The van der Waals surface area contributed by atoms with Gasteiger partial charge in [0.05, 0.1) is 6.04 Å². The Morgan fingerprint density at radius 2 is 1.33 bits per heavy atom. The molecule has 0 bridgehead atoms. The molecule has 6 heteroatoms. The quantitative estimate of drug-likeness (QED) is 0.794. The first-order valence-electron chi connectivity index (χ1n) is 6.16. The summed E-state index contributed by atoms with van der Waals surface area (Å²) in [6.07, 6.45) is -2.26. The largest absolute Gasteiger partial charge is 0.465 e. The lowest BCUT2D eigenvalue weighted by Gasteiger charge is -2.23. The number of hydrogen-bond acceptors (Lipinski definition) is 2. The second-order valence-corrected chi connectivity index (χ2v) is 5.35. The van der Waals surface area contributed by atoms with E-state index in [1.165, 1.54) is 0 Å². The Bertz CT molecular complexity index is 614. The topological polar surface area (TPSA) is 69.6 Å². The molecule has 0 spiro atoms. The van der Waals surface area contributed by atoms with Crippen molar-refractivity contribution in [2.45, 2.75) is 12.1 Å². The Morgan fingerprint density at radius 1 is 0.905 bits per heavy atom. The number of hydrogen-bond donors (Lipinski definition) is 3. The van der Waals surface area contributed by atoms with Crippen LogP contribution in [0.15, 0.2) is 48.5 Å². The van der Waals surface area contributed by atoms with E-state index in [1.54, 1.807) is 48.5 Å². The van der Waals surface area contributed by atoms with E-state index in [0.29, 0.717) is 21.2 Å². The van der Waals surface area contributed by atoms with Crippen LogP contribution < -0.4 is 5.32 Å². The summed E-state index contributed by atoms with van der Waals surface area (Å²) in [5.74, 6) is 0. The molecule has 2 aromatic carbocycles. The van der Waals surface area contributed by atoms with Gasteiger partial charge in [0, 0.05) is 10.0 Å². The second kappa shape index (κ2) is 6.80. The van der Waals surface area contributed by atoms with Gasteiger partial charge in [-0.3, -0.25) is 0 Å². The molecule has 0 aliphatic carbocycles. The van der Waals surface area contributed by atoms with Crippen molar-refractivity contribution < 1.29 is 15.0 Å². The smallest absolute Gasteiger partial charge is 0.405 e. The summed E-state index contributed by atoms with van der Waals surface area (Å²) < 4.78 is 0. The third kappa shape index (κ3) is 4.11. The fourth-order valence-corrected chi connectivity index (χ4v) is 2.25. The van der Waals surface area contributed by atoms with Gasteiger partial charge < -0.3 is 15.5 Å². The molecule has 0 fully saturated rings. The molecule has 2 atom stereocenters. The Kier molecular flexibility index (Phi) is 5.07. The molecule has 0 aromatic heterocycles. The molecule has 0 unspecified atom stereocenters. The molecule has 0 saturated heterocycles. The fourth-order valence-electron chi connectivity index (χ4n) is 2.00. The van der Waals surface area contributed by atoms with Crippen LogP contribution in [-0.2, 0) is 0 Å². The minimum absolute atomic E-state index is 0.536. The summed E-state index contributed by atoms with van der Waals surface area (Å²) in [6.45, 7) is 0. The van der Waals surface area contributed by atoms with Gasteiger partial charge in [-0.25, -0.2) is 4.79 Å². The standard InChI is InChI=1S/C15H13Cl2NO3/c16-11-5-1-9(2-6-11)13(18-15(20)21)14(19)10-3-7-12(17)8-4-10/h1-8,13-14,18-19H,(H,20,21)/t13-,14-/m1/s1. The normalized spacial score (nSPS) is 13.5. The van der Waals surface area contributed by atoms with E-state index in [4.69, 9.17) is 28.3 Å². The van der Waals surface area contributed by atoms with Crippen molar-refractivity contribution in [1.82, 2.24) is 5.32 Å². The van der Waals surface area contributed by atoms with Crippen molar-refractivity contribution in [2.75, 3.05) is 0 Å². The maximum atomic E-state index is 11.0. The van der Waals surface area contributed by atoms with E-state index in [-0.39, 0.29) is 0 Å². The van der Waals surface area contributed by atoms with Gasteiger partial charge in [-0.2, -0.15) is 0 Å². The van der Waals surface area contributed by atoms with Gasteiger partial charge in [-0.15, -0.1) is 0 Å². The predicted octanol–water partition coefficient (Wildman–Crippen LogP) is 4.04. The molecule has 3 N–H and O–H groups in total. The van der Waals surface area contributed by atoms with Crippen molar-refractivity contribution >= 4 is 29.3 Å². The van der Waals surface area contributed by atoms with E-state index in [9.17, 15) is 9.90 Å². The number of carboxylic acid groups (broad SMARTS) is 1. The number of amides is 1. The third-order valence-corrected chi connectivity index (χ3v) is 3.54. The number of rotatable bonds is 4. The predicted molar refractivity (Wildman–Crippen MR) is 81.8 cm³/mol. The first-order valence-corrected chi connectivity index (χ1v) is 6.91. The van der Waals surface area contributed by atoms with Crippen LogP contribution in [0, 0.1) is 0 Å². The van der Waals surface area contributed by atoms with Crippen molar-refractivity contribution in [2.24, 2.45) is 0 Å². The molecule has 4 nitrogen and oxygen atoms in total. The van der Waals surface area contributed by atoms with E-state index >= 15 is 0 Å². The maximum Gasteiger partial charge on any atom is 0.405 e. The minimum atomic E-state index is -1.22. The van der Waals surface area contributed by atoms with Crippen LogP contribution in [0.5, 0.6) is 0 Å². The van der Waals surface area contributed by atoms with Gasteiger partial charge in [0.15, 0.2) is 0 Å². The van der Waals surface area contributed by atoms with E-state index in [1.807, 2.05) is 0 Å². The molecule has 2 aromatic rings. The zero-order valence-electron chi connectivity index (χ0n) is 10.8. The van der Waals surface area contributed by atoms with E-state index in [0.717, 1.165) is 0 Å². The van der Waals surface area contributed by atoms with Crippen LogP contribution in [-0.4, -0.2) is 16.3 Å². The van der Waals surface area contributed by atoms with Crippen molar-refractivity contribution in [1.29, 1.82) is 0 Å². The van der Waals surface area contributed by atoms with Crippen LogP contribution in [0.4, 0.5) is 4.79 Å². The molecule has 2 rings (SSSR count). The summed E-state index contributed by atoms with van der Waals surface area (Å²) in [5, 5.41) is 22.8. The summed E-state index contributed by atoms with van der Waals surface area (Å²) in [4.78, 5) is 11.0. The Labute approximate surface area is 131 Å². The summed E-state index contributed by atoms with van der Waals surface area (Å²) in [5.41, 5.74) is 1.18. The van der Waals surface area contributed by atoms with Gasteiger partial charge in [-0.1, -0.05) is 47.5 Å². The SMILES string of the molecule is O=C(O)N[C@H](c1ccc(Cl)cc1)[C@H](O)c1ccc(Cl)cc1. The minimum Gasteiger partial charge on any atom is -0.465 e. The number of benzene rings is 2. The van der Waals surface area contributed by atoms with E-state index < -0.39 is 18.2 Å². The van der Waals surface area contributed by atoms with Gasteiger partial charge in [0.25, 0.3) is 0 Å². The maximum absolute atomic E-state index is 11.0. The Hall–Kier alpha value is -1.75. The summed E-state index contributed by atoms with van der Waals surface area (Å²) in [6, 6.07) is 12.4. The third-order valence-electron chi connectivity index (χ3n) is 3.04. The van der Waals surface area contributed by atoms with Crippen molar-refractivity contribution in [3.05, 3.63) is 69.7 Å². The molecular weight excluding hydrogens is 313 g/mol. The molecule has 21 heavy (non-hydrogen) atoms. The highest BCUT2D eigenvalue weighted by atomic mass is 35.5. The van der Waals surface area contributed by atoms with Crippen LogP contribution in [0.25, 0.3) is 0 Å². The van der Waals surface area contributed by atoms with Crippen LogP contribution in [0.3, 0.4) is 0 Å². The highest BCUT2D eigenvalue weighted by molar-refractivity contribution is 6.30. The zero-order chi connectivity index (χ0) is 15.4. The second-order valence-electron chi connectivity index (χ2n) is 4.48. The molecule has 0 aliphatic rings. The lowest BCUT2D eigenvalue weighted by atomic mass is 9.96. The van der Waals surface area contributed by atoms with Gasteiger partial charge >= 0.3 is 6.09 Å². The first-order chi connectivity index (χ1) is 9.97. The molecule has 110 valence electrons. The number of halogens is 2. The number of aliphatic hydroxyl groups excluding tert-OH is 1. The fraction of sp³-hybridized carbons (Fsp3) is 0.133. The molecule has 0 radical (unpaired) electrons. The average Bonchev–Trinajstić information content (AvgIpc) is 2.46. The van der Waals surface area contributed by atoms with E-state index in [2.05, 4.69) is 5.32 Å². The van der Waals surface area contributed by atoms with Crippen molar-refractivity contribution in [3.8, 4) is 0 Å². The molecule has 0 aliphatic heterocycles. The molecular formula is C15H13Cl2NO3. The monoisotopic (exact) mass is 325 g/mol. The first kappa shape index (κ1) is 15.6. The molecule has 0 heterocycles. The lowest BCUT2D eigenvalue weighted by Crippen LogP contribution is -2.31. The highest BCUT2D eigenvalue weighted by Crippen LogP contribution is 2.30. The average molecular weight is 326 g/mol. The Balaban J connectivity index is 2.32. The number of carbonyl (C=O) groups is 1. The lowest BCUT2D eigenvalue weighted by molar-refractivity contribution is 0.120.